The molecule has 0 nitrogen and oxygen atoms in total. The minimum atomic E-state index is 0.594. The minimum absolute atomic E-state index is 0.594. The topological polar surface area (TPSA) is 0 Å². The predicted molar refractivity (Wildman–Crippen MR) is 51.7 cm³/mol. The van der Waals surface area contributed by atoms with E-state index < -0.39 is 0 Å². The fraction of sp³-hybridized carbons (Fsp3) is 0.667. The molecule has 1 rings (SSSR count). The van der Waals surface area contributed by atoms with Crippen molar-refractivity contribution < 1.29 is 0 Å². The Balaban J connectivity index is 2.54. The first-order valence-electron chi connectivity index (χ1n) is 2.83. The maximum atomic E-state index is 3.58. The Morgan fingerprint density at radius 2 is 2.00 bits per heavy atom. The molecule has 0 aliphatic heterocycles. The summed E-state index contributed by atoms with van der Waals surface area (Å²) in [6.07, 6.45) is 4.45. The number of hydrogen-bond acceptors (Lipinski definition) is 0. The highest BCUT2D eigenvalue weighted by molar-refractivity contribution is 9.12. The van der Waals surface area contributed by atoms with Gasteiger partial charge < -0.3 is 0 Å². The summed E-state index contributed by atoms with van der Waals surface area (Å²) < 4.78 is 1.32. The zero-order valence-electron chi connectivity index (χ0n) is 4.78. The van der Waals surface area contributed by atoms with Crippen LogP contribution in [0.5, 0.6) is 0 Å². The molecule has 0 saturated heterocycles. The third-order valence-corrected chi connectivity index (χ3v) is 4.68. The van der Waals surface area contributed by atoms with Crippen molar-refractivity contribution in [2.24, 2.45) is 0 Å². The first-order chi connectivity index (χ1) is 4.20. The van der Waals surface area contributed by atoms with Crippen molar-refractivity contribution in [3.63, 3.8) is 0 Å². The second kappa shape index (κ2) is 3.54. The average Bonchev–Trinajstić information content (AvgIpc) is 1.80. The zero-order chi connectivity index (χ0) is 6.85. The molecule has 0 heterocycles. The van der Waals surface area contributed by atoms with Gasteiger partial charge in [0, 0.05) is 9.65 Å². The van der Waals surface area contributed by atoms with Gasteiger partial charge in [-0.2, -0.15) is 0 Å². The lowest BCUT2D eigenvalue weighted by Crippen LogP contribution is -2.16. The molecule has 9 heavy (non-hydrogen) atoms. The largest absolute Gasteiger partial charge is 0.0875 e. The molecule has 52 valence electrons. The third-order valence-electron chi connectivity index (χ3n) is 1.35. The first-order valence-corrected chi connectivity index (χ1v) is 5.45. The van der Waals surface area contributed by atoms with Crippen molar-refractivity contribution in [2.75, 3.05) is 0 Å². The normalized spacial score (nSPS) is 36.1. The van der Waals surface area contributed by atoms with Crippen molar-refractivity contribution in [3.05, 3.63) is 10.6 Å². The van der Waals surface area contributed by atoms with Crippen molar-refractivity contribution in [1.29, 1.82) is 0 Å². The van der Waals surface area contributed by atoms with Crippen LogP contribution in [-0.4, -0.2) is 9.65 Å². The smallest absolute Gasteiger partial charge is 0.0319 e. The quantitative estimate of drug-likeness (QED) is 0.599. The van der Waals surface area contributed by atoms with Crippen LogP contribution >= 0.6 is 47.8 Å². The molecular weight excluding hydrogens is 312 g/mol. The van der Waals surface area contributed by atoms with E-state index in [1.54, 1.807) is 0 Å². The van der Waals surface area contributed by atoms with Gasteiger partial charge >= 0.3 is 0 Å². The lowest BCUT2D eigenvalue weighted by molar-refractivity contribution is 0.783. The Bertz CT molecular complexity index is 130. The molecule has 1 aliphatic carbocycles. The van der Waals surface area contributed by atoms with E-state index in [0.29, 0.717) is 9.65 Å². The van der Waals surface area contributed by atoms with E-state index in [1.807, 2.05) is 0 Å². The Kier molecular flexibility index (Phi) is 3.25. The first kappa shape index (κ1) is 8.28. The summed E-state index contributed by atoms with van der Waals surface area (Å²) in [5, 5.41) is 0. The lowest BCUT2D eigenvalue weighted by Gasteiger charge is -2.19. The third kappa shape index (κ3) is 2.35. The van der Waals surface area contributed by atoms with Gasteiger partial charge in [-0.05, 0) is 17.3 Å². The van der Waals surface area contributed by atoms with Crippen LogP contribution in [0, 0.1) is 0 Å². The van der Waals surface area contributed by atoms with Crippen molar-refractivity contribution in [2.45, 2.75) is 22.5 Å². The van der Waals surface area contributed by atoms with Crippen LogP contribution in [0.4, 0.5) is 0 Å². The molecule has 3 heteroatoms. The number of rotatable bonds is 0. The Labute approximate surface area is 80.5 Å². The molecule has 2 atom stereocenters. The molecule has 0 radical (unpaired) electrons. The van der Waals surface area contributed by atoms with E-state index in [0.717, 1.165) is 12.8 Å². The van der Waals surface area contributed by atoms with E-state index >= 15 is 0 Å². The molecular formula is C6H7Br3. The van der Waals surface area contributed by atoms with Gasteiger partial charge in [0.05, 0.1) is 0 Å². The second-order valence-corrected chi connectivity index (χ2v) is 5.49. The zero-order valence-corrected chi connectivity index (χ0v) is 9.54. The molecule has 0 bridgehead atoms. The molecule has 2 unspecified atom stereocenters. The van der Waals surface area contributed by atoms with Gasteiger partial charge in [0.15, 0.2) is 0 Å². The maximum absolute atomic E-state index is 3.58. The fourth-order valence-electron chi connectivity index (χ4n) is 0.786. The summed E-state index contributed by atoms with van der Waals surface area (Å²) in [6.45, 7) is 0. The molecule has 0 saturated carbocycles. The molecule has 0 aromatic rings. The van der Waals surface area contributed by atoms with E-state index in [-0.39, 0.29) is 0 Å². The molecule has 1 aliphatic rings. The van der Waals surface area contributed by atoms with Gasteiger partial charge in [0.1, 0.15) is 0 Å². The van der Waals surface area contributed by atoms with E-state index in [1.165, 1.54) is 4.48 Å². The van der Waals surface area contributed by atoms with Crippen LogP contribution in [0.2, 0.25) is 0 Å². The van der Waals surface area contributed by atoms with Crippen LogP contribution in [0.15, 0.2) is 10.6 Å². The average molecular weight is 319 g/mol. The Morgan fingerprint density at radius 1 is 1.33 bits per heavy atom. The highest BCUT2D eigenvalue weighted by Gasteiger charge is 2.19. The van der Waals surface area contributed by atoms with E-state index in [9.17, 15) is 0 Å². The monoisotopic (exact) mass is 316 g/mol. The van der Waals surface area contributed by atoms with Gasteiger partial charge in [0.25, 0.3) is 0 Å². The van der Waals surface area contributed by atoms with Crippen LogP contribution in [0.3, 0.4) is 0 Å². The molecule has 0 fully saturated rings. The summed E-state index contributed by atoms with van der Waals surface area (Å²) >= 11 is 10.6. The standard InChI is InChI=1S/C6H7Br3/c7-4-1-2-5(8)6(9)3-4/h1,5-6H,2-3H2. The van der Waals surface area contributed by atoms with Crippen molar-refractivity contribution in [1.82, 2.24) is 0 Å². The van der Waals surface area contributed by atoms with Crippen LogP contribution < -0.4 is 0 Å². The van der Waals surface area contributed by atoms with Crippen LogP contribution in [-0.2, 0) is 0 Å². The number of halogens is 3. The summed E-state index contributed by atoms with van der Waals surface area (Å²) in [7, 11) is 0. The Morgan fingerprint density at radius 3 is 2.44 bits per heavy atom. The summed E-state index contributed by atoms with van der Waals surface area (Å²) in [5.74, 6) is 0. The molecule has 0 aromatic carbocycles. The van der Waals surface area contributed by atoms with Crippen LogP contribution in [0.1, 0.15) is 12.8 Å². The van der Waals surface area contributed by atoms with E-state index in [2.05, 4.69) is 53.9 Å². The number of allylic oxidation sites excluding steroid dienone is 2. The van der Waals surface area contributed by atoms with Crippen molar-refractivity contribution in [3.8, 4) is 0 Å². The van der Waals surface area contributed by atoms with E-state index in [4.69, 9.17) is 0 Å². The summed E-state index contributed by atoms with van der Waals surface area (Å²) in [6, 6.07) is 0. The van der Waals surface area contributed by atoms with Crippen LogP contribution in [0.25, 0.3) is 0 Å². The number of hydrogen-bond donors (Lipinski definition) is 0. The van der Waals surface area contributed by atoms with Gasteiger partial charge in [-0.1, -0.05) is 53.9 Å². The summed E-state index contributed by atoms with van der Waals surface area (Å²) in [5.41, 5.74) is 0. The van der Waals surface area contributed by atoms with Gasteiger partial charge in [-0.15, -0.1) is 0 Å². The highest BCUT2D eigenvalue weighted by Crippen LogP contribution is 2.31. The molecule has 0 spiro atoms. The Hall–Kier alpha value is 1.18. The van der Waals surface area contributed by atoms with Gasteiger partial charge in [-0.25, -0.2) is 0 Å². The summed E-state index contributed by atoms with van der Waals surface area (Å²) in [4.78, 5) is 1.20. The number of alkyl halides is 2. The van der Waals surface area contributed by atoms with Gasteiger partial charge in [-0.3, -0.25) is 0 Å². The molecule has 0 amide bonds. The SMILES string of the molecule is BrC1=CCC(Br)C(Br)C1. The second-order valence-electron chi connectivity index (χ2n) is 2.12. The predicted octanol–water partition coefficient (Wildman–Crippen LogP) is 3.59. The molecule has 0 N–H and O–H groups in total. The minimum Gasteiger partial charge on any atom is -0.0875 e. The highest BCUT2D eigenvalue weighted by atomic mass is 79.9. The van der Waals surface area contributed by atoms with Gasteiger partial charge in [0.2, 0.25) is 0 Å². The maximum Gasteiger partial charge on any atom is 0.0319 e. The molecule has 0 aromatic heterocycles. The fourth-order valence-corrected chi connectivity index (χ4v) is 2.69. The van der Waals surface area contributed by atoms with Crippen molar-refractivity contribution >= 4 is 47.8 Å². The lowest BCUT2D eigenvalue weighted by atomic mass is 10.1.